The van der Waals surface area contributed by atoms with E-state index in [1.807, 2.05) is 12.2 Å². The summed E-state index contributed by atoms with van der Waals surface area (Å²) in [7, 11) is 0. The Kier molecular flexibility index (Phi) is 5.89. The predicted octanol–water partition coefficient (Wildman–Crippen LogP) is 2.18. The molecule has 1 aromatic carbocycles. The molecule has 0 saturated carbocycles. The number of benzene rings is 1. The second kappa shape index (κ2) is 7.89. The summed E-state index contributed by atoms with van der Waals surface area (Å²) in [5.41, 5.74) is 0. The maximum Gasteiger partial charge on any atom is 0.223 e. The Bertz CT molecular complexity index is 548. The number of halogens is 2. The first-order chi connectivity index (χ1) is 10.6. The van der Waals surface area contributed by atoms with Crippen LogP contribution in [0.4, 0.5) is 8.78 Å². The first-order valence-corrected chi connectivity index (χ1v) is 7.25. The molecular weight excluding hydrogens is 292 g/mol. The Morgan fingerprint density at radius 3 is 2.86 bits per heavy atom. The van der Waals surface area contributed by atoms with Crippen LogP contribution in [0, 0.1) is 17.6 Å². The first-order valence-electron chi connectivity index (χ1n) is 7.25. The largest absolute Gasteiger partial charge is 0.491 e. The molecule has 0 radical (unpaired) electrons. The molecule has 1 aliphatic carbocycles. The van der Waals surface area contributed by atoms with Gasteiger partial charge in [0.2, 0.25) is 5.91 Å². The quantitative estimate of drug-likeness (QED) is 0.792. The Labute approximate surface area is 127 Å². The summed E-state index contributed by atoms with van der Waals surface area (Å²) in [4.78, 5) is 11.9. The van der Waals surface area contributed by atoms with E-state index in [4.69, 9.17) is 4.74 Å². The second-order valence-electron chi connectivity index (χ2n) is 5.27. The van der Waals surface area contributed by atoms with Crippen LogP contribution in [0.1, 0.15) is 19.3 Å². The Hall–Kier alpha value is -1.95. The van der Waals surface area contributed by atoms with Gasteiger partial charge in [0.15, 0.2) is 11.6 Å². The van der Waals surface area contributed by atoms with Gasteiger partial charge in [0.05, 0.1) is 0 Å². The number of hydrogen-bond acceptors (Lipinski definition) is 3. The zero-order chi connectivity index (χ0) is 15.9. The Morgan fingerprint density at radius 2 is 2.18 bits per heavy atom. The van der Waals surface area contributed by atoms with Gasteiger partial charge < -0.3 is 15.2 Å². The predicted molar refractivity (Wildman–Crippen MR) is 77.4 cm³/mol. The smallest absolute Gasteiger partial charge is 0.223 e. The molecule has 0 fully saturated rings. The maximum atomic E-state index is 13.0. The van der Waals surface area contributed by atoms with Gasteiger partial charge in [0, 0.05) is 18.5 Å². The highest BCUT2D eigenvalue weighted by Crippen LogP contribution is 2.18. The summed E-state index contributed by atoms with van der Waals surface area (Å²) in [6, 6.07) is 3.14. The van der Waals surface area contributed by atoms with E-state index in [9.17, 15) is 18.7 Å². The van der Waals surface area contributed by atoms with Gasteiger partial charge in [-0.05, 0) is 31.4 Å². The normalized spacial score (nSPS) is 18.8. The van der Waals surface area contributed by atoms with Gasteiger partial charge in [-0.25, -0.2) is 8.78 Å². The highest BCUT2D eigenvalue weighted by atomic mass is 19.2. The zero-order valence-corrected chi connectivity index (χ0v) is 12.1. The van der Waals surface area contributed by atoms with Crippen molar-refractivity contribution < 1.29 is 23.4 Å². The number of ether oxygens (including phenoxy) is 1. The fraction of sp³-hybridized carbons (Fsp3) is 0.438. The van der Waals surface area contributed by atoms with Gasteiger partial charge in [0.1, 0.15) is 18.5 Å². The van der Waals surface area contributed by atoms with Crippen LogP contribution in [0.3, 0.4) is 0 Å². The molecule has 0 saturated heterocycles. The Morgan fingerprint density at radius 1 is 1.36 bits per heavy atom. The lowest BCUT2D eigenvalue weighted by Gasteiger charge is -2.19. The van der Waals surface area contributed by atoms with Crippen molar-refractivity contribution in [3.8, 4) is 5.75 Å². The van der Waals surface area contributed by atoms with Crippen LogP contribution in [0.2, 0.25) is 0 Å². The minimum absolute atomic E-state index is 0.0516. The van der Waals surface area contributed by atoms with Crippen LogP contribution < -0.4 is 10.1 Å². The Balaban J connectivity index is 1.71. The average Bonchev–Trinajstić information content (AvgIpc) is 2.54. The fourth-order valence-electron chi connectivity index (χ4n) is 2.21. The third-order valence-electron chi connectivity index (χ3n) is 3.49. The fourth-order valence-corrected chi connectivity index (χ4v) is 2.21. The van der Waals surface area contributed by atoms with Crippen molar-refractivity contribution in [1.29, 1.82) is 0 Å². The third-order valence-corrected chi connectivity index (χ3v) is 3.49. The molecule has 4 nitrogen and oxygen atoms in total. The first kappa shape index (κ1) is 16.4. The highest BCUT2D eigenvalue weighted by molar-refractivity contribution is 5.78. The van der Waals surface area contributed by atoms with Gasteiger partial charge in [-0.2, -0.15) is 0 Å². The van der Waals surface area contributed by atoms with Crippen molar-refractivity contribution in [2.24, 2.45) is 5.92 Å². The van der Waals surface area contributed by atoms with Crippen LogP contribution in [0.5, 0.6) is 5.75 Å². The minimum Gasteiger partial charge on any atom is -0.491 e. The second-order valence-corrected chi connectivity index (χ2v) is 5.27. The standard InChI is InChI=1S/C16H19F2NO3/c17-14-7-6-13(8-15(14)18)22-10-12(20)9-19-16(21)11-4-2-1-3-5-11/h1-2,6-8,11-12,20H,3-5,9-10H2,(H,19,21)/t11-,12-/m1/s1. The van der Waals surface area contributed by atoms with Crippen molar-refractivity contribution in [2.45, 2.75) is 25.4 Å². The van der Waals surface area contributed by atoms with E-state index in [-0.39, 0.29) is 30.7 Å². The summed E-state index contributed by atoms with van der Waals surface area (Å²) in [5.74, 6) is -1.98. The number of aliphatic hydroxyl groups excluding tert-OH is 1. The van der Waals surface area contributed by atoms with Gasteiger partial charge in [-0.15, -0.1) is 0 Å². The number of amides is 1. The van der Waals surface area contributed by atoms with Gasteiger partial charge in [-0.3, -0.25) is 4.79 Å². The number of carbonyl (C=O) groups excluding carboxylic acids is 1. The van der Waals surface area contributed by atoms with E-state index >= 15 is 0 Å². The van der Waals surface area contributed by atoms with Crippen LogP contribution >= 0.6 is 0 Å². The van der Waals surface area contributed by atoms with Crippen molar-refractivity contribution in [1.82, 2.24) is 5.32 Å². The third kappa shape index (κ3) is 4.80. The molecule has 0 heterocycles. The minimum atomic E-state index is -1.01. The SMILES string of the molecule is O=C(NC[C@@H](O)COc1ccc(F)c(F)c1)[C@@H]1CC=CCC1. The summed E-state index contributed by atoms with van der Waals surface area (Å²) >= 11 is 0. The van der Waals surface area contributed by atoms with Gasteiger partial charge >= 0.3 is 0 Å². The number of carbonyl (C=O) groups is 1. The van der Waals surface area contributed by atoms with Gasteiger partial charge in [0.25, 0.3) is 0 Å². The molecule has 0 spiro atoms. The molecule has 22 heavy (non-hydrogen) atoms. The molecule has 2 rings (SSSR count). The lowest BCUT2D eigenvalue weighted by atomic mass is 9.94. The number of allylic oxidation sites excluding steroid dienone is 2. The average molecular weight is 311 g/mol. The lowest BCUT2D eigenvalue weighted by Crippen LogP contribution is -2.38. The van der Waals surface area contributed by atoms with E-state index in [0.29, 0.717) is 6.42 Å². The molecule has 1 aliphatic rings. The molecule has 6 heteroatoms. The van der Waals surface area contributed by atoms with Crippen molar-refractivity contribution in [2.75, 3.05) is 13.2 Å². The van der Waals surface area contributed by atoms with Crippen LogP contribution in [-0.4, -0.2) is 30.3 Å². The van der Waals surface area contributed by atoms with Crippen molar-refractivity contribution in [3.05, 3.63) is 42.0 Å². The summed E-state index contributed by atoms with van der Waals surface area (Å²) < 4.78 is 30.9. The summed E-state index contributed by atoms with van der Waals surface area (Å²) in [6.07, 6.45) is 5.53. The number of aliphatic hydroxyl groups is 1. The number of nitrogens with one attached hydrogen (secondary N) is 1. The topological polar surface area (TPSA) is 58.6 Å². The highest BCUT2D eigenvalue weighted by Gasteiger charge is 2.19. The molecule has 0 bridgehead atoms. The van der Waals surface area contributed by atoms with E-state index in [0.717, 1.165) is 25.0 Å². The van der Waals surface area contributed by atoms with Crippen LogP contribution in [-0.2, 0) is 4.79 Å². The molecule has 0 aromatic heterocycles. The number of rotatable bonds is 6. The van der Waals surface area contributed by atoms with Crippen molar-refractivity contribution >= 4 is 5.91 Å². The number of hydrogen-bond donors (Lipinski definition) is 2. The van der Waals surface area contributed by atoms with E-state index in [1.165, 1.54) is 6.07 Å². The summed E-state index contributed by atoms with van der Waals surface area (Å²) in [6.45, 7) is -0.0569. The van der Waals surface area contributed by atoms with E-state index in [2.05, 4.69) is 5.32 Å². The molecule has 0 unspecified atom stereocenters. The van der Waals surface area contributed by atoms with Crippen molar-refractivity contribution in [3.63, 3.8) is 0 Å². The molecule has 0 aliphatic heterocycles. The molecule has 120 valence electrons. The molecule has 1 aromatic rings. The van der Waals surface area contributed by atoms with E-state index < -0.39 is 17.7 Å². The lowest BCUT2D eigenvalue weighted by molar-refractivity contribution is -0.125. The molecule has 2 N–H and O–H groups in total. The maximum absolute atomic E-state index is 13.0. The molecule has 1 amide bonds. The van der Waals surface area contributed by atoms with Crippen LogP contribution in [0.15, 0.2) is 30.4 Å². The molecule has 2 atom stereocenters. The van der Waals surface area contributed by atoms with Gasteiger partial charge in [-0.1, -0.05) is 12.2 Å². The summed E-state index contributed by atoms with van der Waals surface area (Å²) in [5, 5.41) is 12.4. The monoisotopic (exact) mass is 311 g/mol. The van der Waals surface area contributed by atoms with E-state index in [1.54, 1.807) is 0 Å². The molecular formula is C16H19F2NO3. The van der Waals surface area contributed by atoms with Crippen LogP contribution in [0.25, 0.3) is 0 Å². The zero-order valence-electron chi connectivity index (χ0n) is 12.1.